The topological polar surface area (TPSA) is 84.7 Å². The van der Waals surface area contributed by atoms with Crippen molar-refractivity contribution in [2.45, 2.75) is 58.6 Å². The molecule has 0 bridgehead atoms. The Balaban J connectivity index is 1.52. The Morgan fingerprint density at radius 3 is 2.88 bits per heavy atom. The Hall–Kier alpha value is -1.89. The maximum Gasteiger partial charge on any atom is 0.273 e. The van der Waals surface area contributed by atoms with Gasteiger partial charge >= 0.3 is 0 Å². The van der Waals surface area contributed by atoms with Gasteiger partial charge in [0.15, 0.2) is 5.69 Å². The summed E-state index contributed by atoms with van der Waals surface area (Å²) in [6.45, 7) is 6.95. The highest BCUT2D eigenvalue weighted by atomic mass is 16.5. The van der Waals surface area contributed by atoms with Crippen molar-refractivity contribution in [3.8, 4) is 0 Å². The number of aromatic nitrogens is 1. The maximum absolute atomic E-state index is 12.5. The van der Waals surface area contributed by atoms with Crippen molar-refractivity contribution < 1.29 is 18.8 Å². The number of nitrogens with zero attached hydrogens (tertiary/aromatic N) is 2. The van der Waals surface area contributed by atoms with Gasteiger partial charge < -0.3 is 19.5 Å². The highest BCUT2D eigenvalue weighted by Crippen LogP contribution is 2.28. The number of nitrogens with one attached hydrogen (secondary N) is 1. The van der Waals surface area contributed by atoms with Gasteiger partial charge in [-0.1, -0.05) is 12.1 Å². The van der Waals surface area contributed by atoms with Crippen LogP contribution in [0.25, 0.3) is 0 Å². The molecule has 3 rings (SSSR count). The average molecular weight is 363 g/mol. The molecule has 7 heteroatoms. The van der Waals surface area contributed by atoms with E-state index < -0.39 is 0 Å². The number of hydrogen-bond donors (Lipinski definition) is 1. The smallest absolute Gasteiger partial charge is 0.273 e. The fraction of sp³-hybridized carbons (Fsp3) is 0.737. The van der Waals surface area contributed by atoms with Gasteiger partial charge in [-0.15, -0.1) is 0 Å². The molecule has 1 unspecified atom stereocenters. The molecule has 1 N–H and O–H groups in total. The quantitative estimate of drug-likeness (QED) is 0.862. The maximum atomic E-state index is 12.5. The van der Waals surface area contributed by atoms with Crippen LogP contribution in [-0.2, 0) is 22.4 Å². The van der Waals surface area contributed by atoms with Crippen LogP contribution in [0.15, 0.2) is 4.52 Å². The summed E-state index contributed by atoms with van der Waals surface area (Å²) < 4.78 is 11.0. The molecule has 7 nitrogen and oxygen atoms in total. The Labute approximate surface area is 154 Å². The number of hydrogen-bond acceptors (Lipinski definition) is 5. The van der Waals surface area contributed by atoms with E-state index in [4.69, 9.17) is 9.26 Å². The average Bonchev–Trinajstić information content (AvgIpc) is 3.24. The third kappa shape index (κ3) is 3.92. The van der Waals surface area contributed by atoms with Gasteiger partial charge in [0.1, 0.15) is 5.76 Å². The number of carbonyl (C=O) groups excluding carboxylic acids is 2. The molecule has 1 aliphatic heterocycles. The molecule has 2 aliphatic rings. The monoisotopic (exact) mass is 363 g/mol. The van der Waals surface area contributed by atoms with E-state index in [9.17, 15) is 9.59 Å². The van der Waals surface area contributed by atoms with Gasteiger partial charge in [0.25, 0.3) is 5.91 Å². The second kappa shape index (κ2) is 7.78. The number of fused-ring (bicyclic) bond motifs is 1. The molecule has 0 radical (unpaired) electrons. The normalized spacial score (nSPS) is 25.2. The minimum Gasteiger partial charge on any atom is -0.376 e. The zero-order valence-electron chi connectivity index (χ0n) is 16.1. The first-order valence-corrected chi connectivity index (χ1v) is 9.50. The van der Waals surface area contributed by atoms with E-state index in [2.05, 4.69) is 17.4 Å². The highest BCUT2D eigenvalue weighted by molar-refractivity contribution is 5.93. The molecule has 2 heterocycles. The number of aryl methyl sites for hydroxylation is 1. The summed E-state index contributed by atoms with van der Waals surface area (Å²) in [4.78, 5) is 26.6. The second-order valence-corrected chi connectivity index (χ2v) is 7.92. The molecule has 1 aromatic rings. The highest BCUT2D eigenvalue weighted by Gasteiger charge is 2.34. The summed E-state index contributed by atoms with van der Waals surface area (Å²) in [5, 5.41) is 6.87. The fourth-order valence-corrected chi connectivity index (χ4v) is 3.61. The van der Waals surface area contributed by atoms with E-state index in [0.717, 1.165) is 30.6 Å². The van der Waals surface area contributed by atoms with Gasteiger partial charge in [0.2, 0.25) is 5.91 Å². The first-order chi connectivity index (χ1) is 12.4. The lowest BCUT2D eigenvalue weighted by Crippen LogP contribution is -2.38. The van der Waals surface area contributed by atoms with E-state index in [1.165, 1.54) is 0 Å². The molecule has 1 aromatic heterocycles. The fourth-order valence-electron chi connectivity index (χ4n) is 3.61. The molecule has 0 spiro atoms. The van der Waals surface area contributed by atoms with Gasteiger partial charge in [0.05, 0.1) is 18.6 Å². The standard InChI is InChI=1S/C19H29N3O4/c1-11(2)22(4)19(24)13-8-14(25-10-13)9-20-18(23)17-15-7-12(3)5-6-16(15)26-21-17/h11-14H,5-10H2,1-4H3,(H,20,23)/t12?,13-,14-/m0/s1. The number of ether oxygens (including phenoxy) is 1. The van der Waals surface area contributed by atoms with Gasteiger partial charge in [0, 0.05) is 31.6 Å². The molecule has 26 heavy (non-hydrogen) atoms. The molecule has 0 saturated carbocycles. The van der Waals surface area contributed by atoms with Gasteiger partial charge in [-0.05, 0) is 39.0 Å². The summed E-state index contributed by atoms with van der Waals surface area (Å²) in [6, 6.07) is 0.169. The molecule has 1 fully saturated rings. The van der Waals surface area contributed by atoms with Crippen molar-refractivity contribution in [1.29, 1.82) is 0 Å². The second-order valence-electron chi connectivity index (χ2n) is 7.92. The summed E-state index contributed by atoms with van der Waals surface area (Å²) in [5.41, 5.74) is 1.34. The molecule has 1 saturated heterocycles. The van der Waals surface area contributed by atoms with Crippen LogP contribution < -0.4 is 5.32 Å². The lowest BCUT2D eigenvalue weighted by Gasteiger charge is -2.24. The minimum atomic E-state index is -0.221. The van der Waals surface area contributed by atoms with Crippen molar-refractivity contribution in [3.05, 3.63) is 17.0 Å². The Bertz CT molecular complexity index is 670. The lowest BCUT2D eigenvalue weighted by molar-refractivity contribution is -0.135. The van der Waals surface area contributed by atoms with Crippen LogP contribution >= 0.6 is 0 Å². The van der Waals surface area contributed by atoms with Crippen LogP contribution in [0.4, 0.5) is 0 Å². The van der Waals surface area contributed by atoms with E-state index in [0.29, 0.717) is 31.2 Å². The zero-order chi connectivity index (χ0) is 18.8. The first-order valence-electron chi connectivity index (χ1n) is 9.50. The van der Waals surface area contributed by atoms with Crippen LogP contribution in [0.1, 0.15) is 55.4 Å². The first kappa shape index (κ1) is 18.9. The third-order valence-corrected chi connectivity index (χ3v) is 5.54. The molecule has 1 aliphatic carbocycles. The predicted molar refractivity (Wildman–Crippen MR) is 95.8 cm³/mol. The molecule has 0 aromatic carbocycles. The van der Waals surface area contributed by atoms with Crippen LogP contribution in [0, 0.1) is 11.8 Å². The van der Waals surface area contributed by atoms with Crippen molar-refractivity contribution in [3.63, 3.8) is 0 Å². The molecule has 144 valence electrons. The minimum absolute atomic E-state index is 0.105. The summed E-state index contributed by atoms with van der Waals surface area (Å²) in [5.74, 6) is 1.13. The summed E-state index contributed by atoms with van der Waals surface area (Å²) in [6.07, 6.45) is 3.23. The number of carbonyl (C=O) groups is 2. The Morgan fingerprint density at radius 2 is 2.15 bits per heavy atom. The van der Waals surface area contributed by atoms with Gasteiger partial charge in [-0.25, -0.2) is 0 Å². The SMILES string of the molecule is CC1CCc2onc(C(=O)NC[C@@H]3C[C@H](C(=O)N(C)C(C)C)CO3)c2C1. The number of rotatable bonds is 5. The van der Waals surface area contributed by atoms with Crippen molar-refractivity contribution in [2.24, 2.45) is 11.8 Å². The van der Waals surface area contributed by atoms with E-state index in [1.807, 2.05) is 20.9 Å². The van der Waals surface area contributed by atoms with Crippen LogP contribution in [0.3, 0.4) is 0 Å². The third-order valence-electron chi connectivity index (χ3n) is 5.54. The van der Waals surface area contributed by atoms with Crippen LogP contribution in [-0.4, -0.2) is 54.2 Å². The van der Waals surface area contributed by atoms with Gasteiger partial charge in [-0.3, -0.25) is 9.59 Å². The van der Waals surface area contributed by atoms with Crippen LogP contribution in [0.5, 0.6) is 0 Å². The lowest BCUT2D eigenvalue weighted by atomic mass is 9.88. The van der Waals surface area contributed by atoms with E-state index in [-0.39, 0.29) is 29.9 Å². The summed E-state index contributed by atoms with van der Waals surface area (Å²) in [7, 11) is 1.82. The Morgan fingerprint density at radius 1 is 1.38 bits per heavy atom. The van der Waals surface area contributed by atoms with Crippen molar-refractivity contribution >= 4 is 11.8 Å². The predicted octanol–water partition coefficient (Wildman–Crippen LogP) is 1.80. The van der Waals surface area contributed by atoms with E-state index >= 15 is 0 Å². The summed E-state index contributed by atoms with van der Waals surface area (Å²) >= 11 is 0. The molecule has 3 atom stereocenters. The van der Waals surface area contributed by atoms with E-state index in [1.54, 1.807) is 4.90 Å². The van der Waals surface area contributed by atoms with Gasteiger partial charge in [-0.2, -0.15) is 0 Å². The molecular weight excluding hydrogens is 334 g/mol. The van der Waals surface area contributed by atoms with Crippen molar-refractivity contribution in [2.75, 3.05) is 20.2 Å². The van der Waals surface area contributed by atoms with Crippen molar-refractivity contribution in [1.82, 2.24) is 15.4 Å². The van der Waals surface area contributed by atoms with Crippen LogP contribution in [0.2, 0.25) is 0 Å². The molecular formula is C19H29N3O4. The number of amides is 2. The Kier molecular flexibility index (Phi) is 5.65. The molecule has 2 amide bonds. The largest absolute Gasteiger partial charge is 0.376 e. The zero-order valence-corrected chi connectivity index (χ0v) is 16.1.